The molecular formula is C20H25N3O3S. The zero-order valence-electron chi connectivity index (χ0n) is 16.0. The van der Waals surface area contributed by atoms with Crippen LogP contribution in [0.15, 0.2) is 47.6 Å². The summed E-state index contributed by atoms with van der Waals surface area (Å²) in [6.45, 7) is 6.91. The van der Waals surface area contributed by atoms with Gasteiger partial charge in [-0.15, -0.1) is 0 Å². The van der Waals surface area contributed by atoms with E-state index in [-0.39, 0.29) is 0 Å². The van der Waals surface area contributed by atoms with Gasteiger partial charge in [-0.2, -0.15) is 5.10 Å². The van der Waals surface area contributed by atoms with E-state index >= 15 is 0 Å². The molecule has 0 atom stereocenters. The highest BCUT2D eigenvalue weighted by Crippen LogP contribution is 2.28. The number of nitrogens with one attached hydrogen (secondary N) is 2. The number of thiocarbonyl (C=S) groups is 1. The number of hydrogen-bond acceptors (Lipinski definition) is 5. The number of ether oxygens (including phenoxy) is 3. The van der Waals surface area contributed by atoms with Crippen LogP contribution in [0.4, 0.5) is 5.69 Å². The van der Waals surface area contributed by atoms with Gasteiger partial charge in [0.2, 0.25) is 0 Å². The fraction of sp³-hybridized carbons (Fsp3) is 0.300. The molecule has 144 valence electrons. The van der Waals surface area contributed by atoms with Gasteiger partial charge in [0.1, 0.15) is 5.75 Å². The fourth-order valence-corrected chi connectivity index (χ4v) is 2.53. The molecule has 0 aliphatic rings. The topological polar surface area (TPSA) is 64.1 Å². The van der Waals surface area contributed by atoms with Crippen LogP contribution < -0.4 is 25.0 Å². The van der Waals surface area contributed by atoms with E-state index in [2.05, 4.69) is 15.8 Å². The Morgan fingerprint density at radius 3 is 2.41 bits per heavy atom. The first-order valence-electron chi connectivity index (χ1n) is 8.73. The van der Waals surface area contributed by atoms with Crippen LogP contribution in [0, 0.1) is 0 Å². The third kappa shape index (κ3) is 5.86. The third-order valence-corrected chi connectivity index (χ3v) is 3.83. The molecule has 0 aliphatic heterocycles. The zero-order valence-corrected chi connectivity index (χ0v) is 16.9. The van der Waals surface area contributed by atoms with Crippen molar-refractivity contribution in [1.29, 1.82) is 0 Å². The fourth-order valence-electron chi connectivity index (χ4n) is 2.37. The van der Waals surface area contributed by atoms with Crippen molar-refractivity contribution in [2.45, 2.75) is 20.8 Å². The number of methoxy groups -OCH3 is 1. The van der Waals surface area contributed by atoms with E-state index in [4.69, 9.17) is 26.4 Å². The number of rotatable bonds is 8. The highest BCUT2D eigenvalue weighted by Gasteiger charge is 2.08. The van der Waals surface area contributed by atoms with Crippen LogP contribution in [0.1, 0.15) is 26.3 Å². The molecule has 0 heterocycles. The van der Waals surface area contributed by atoms with Gasteiger partial charge in [-0.1, -0.05) is 12.1 Å². The number of hydrazone groups is 1. The maximum Gasteiger partial charge on any atom is 0.191 e. The van der Waals surface area contributed by atoms with Crippen molar-refractivity contribution < 1.29 is 14.2 Å². The van der Waals surface area contributed by atoms with E-state index in [1.807, 2.05) is 63.2 Å². The van der Waals surface area contributed by atoms with Crippen LogP contribution in [-0.2, 0) is 0 Å². The van der Waals surface area contributed by atoms with Crippen molar-refractivity contribution in [1.82, 2.24) is 5.43 Å². The van der Waals surface area contributed by atoms with Gasteiger partial charge in [-0.05, 0) is 63.3 Å². The van der Waals surface area contributed by atoms with Crippen molar-refractivity contribution in [3.63, 3.8) is 0 Å². The van der Waals surface area contributed by atoms with Crippen LogP contribution in [-0.4, -0.2) is 31.1 Å². The normalized spacial score (nSPS) is 10.9. The van der Waals surface area contributed by atoms with Gasteiger partial charge >= 0.3 is 0 Å². The first kappa shape index (κ1) is 20.5. The van der Waals surface area contributed by atoms with E-state index < -0.39 is 0 Å². The largest absolute Gasteiger partial charge is 0.495 e. The van der Waals surface area contributed by atoms with Crippen molar-refractivity contribution >= 4 is 28.7 Å². The average Bonchev–Trinajstić information content (AvgIpc) is 2.68. The summed E-state index contributed by atoms with van der Waals surface area (Å²) >= 11 is 5.31. The molecule has 0 fully saturated rings. The van der Waals surface area contributed by atoms with Crippen LogP contribution in [0.5, 0.6) is 17.2 Å². The number of anilines is 1. The molecule has 2 N–H and O–H groups in total. The summed E-state index contributed by atoms with van der Waals surface area (Å²) in [7, 11) is 1.61. The highest BCUT2D eigenvalue weighted by molar-refractivity contribution is 7.80. The zero-order chi connectivity index (χ0) is 19.6. The number of hydrogen-bond donors (Lipinski definition) is 2. The second kappa shape index (κ2) is 10.4. The molecule has 0 radical (unpaired) electrons. The molecule has 0 aliphatic carbocycles. The summed E-state index contributed by atoms with van der Waals surface area (Å²) in [5.41, 5.74) is 5.30. The van der Waals surface area contributed by atoms with Gasteiger partial charge in [-0.3, -0.25) is 5.43 Å². The maximum atomic E-state index is 5.66. The van der Waals surface area contributed by atoms with E-state index in [0.29, 0.717) is 29.8 Å². The molecule has 6 nitrogen and oxygen atoms in total. The first-order valence-corrected chi connectivity index (χ1v) is 9.14. The van der Waals surface area contributed by atoms with Crippen molar-refractivity contribution in [3.8, 4) is 17.2 Å². The predicted octanol–water partition coefficient (Wildman–Crippen LogP) is 4.20. The lowest BCUT2D eigenvalue weighted by molar-refractivity contribution is 0.287. The molecule has 2 aromatic carbocycles. The minimum Gasteiger partial charge on any atom is -0.495 e. The van der Waals surface area contributed by atoms with Crippen LogP contribution in [0.25, 0.3) is 0 Å². The Bertz CT molecular complexity index is 809. The van der Waals surface area contributed by atoms with Crippen LogP contribution in [0.2, 0.25) is 0 Å². The van der Waals surface area contributed by atoms with Gasteiger partial charge in [-0.25, -0.2) is 0 Å². The Hall–Kier alpha value is -2.80. The first-order chi connectivity index (χ1) is 13.1. The molecule has 0 aromatic heterocycles. The summed E-state index contributed by atoms with van der Waals surface area (Å²) in [6.07, 6.45) is 0. The smallest absolute Gasteiger partial charge is 0.191 e. The summed E-state index contributed by atoms with van der Waals surface area (Å²) in [5, 5.41) is 7.79. The molecule has 0 amide bonds. The van der Waals surface area contributed by atoms with Gasteiger partial charge < -0.3 is 19.5 Å². The monoisotopic (exact) mass is 387 g/mol. The lowest BCUT2D eigenvalue weighted by Gasteiger charge is -2.13. The minimum absolute atomic E-state index is 0.370. The van der Waals surface area contributed by atoms with Crippen LogP contribution in [0.3, 0.4) is 0 Å². The quantitative estimate of drug-likeness (QED) is 0.402. The third-order valence-electron chi connectivity index (χ3n) is 3.64. The lowest BCUT2D eigenvalue weighted by Crippen LogP contribution is -2.25. The SMILES string of the molecule is CCOc1ccc(/C(C)=N\NC(=S)Nc2ccccc2OC)cc1OCC. The van der Waals surface area contributed by atoms with Crippen LogP contribution >= 0.6 is 12.2 Å². The molecule has 0 unspecified atom stereocenters. The Balaban J connectivity index is 2.08. The van der Waals surface area contributed by atoms with Crippen molar-refractivity contribution in [2.24, 2.45) is 5.10 Å². The second-order valence-corrected chi connectivity index (χ2v) is 5.90. The minimum atomic E-state index is 0.370. The molecule has 2 rings (SSSR count). The number of para-hydroxylation sites is 2. The Kier molecular flexibility index (Phi) is 7.88. The van der Waals surface area contributed by atoms with E-state index in [1.165, 1.54) is 0 Å². The second-order valence-electron chi connectivity index (χ2n) is 5.49. The Morgan fingerprint density at radius 2 is 1.70 bits per heavy atom. The summed E-state index contributed by atoms with van der Waals surface area (Å²) < 4.78 is 16.5. The van der Waals surface area contributed by atoms with Gasteiger partial charge in [0.15, 0.2) is 16.6 Å². The lowest BCUT2D eigenvalue weighted by atomic mass is 10.1. The summed E-state index contributed by atoms with van der Waals surface area (Å²) in [5.74, 6) is 2.12. The molecular weight excluding hydrogens is 362 g/mol. The Labute approximate surface area is 165 Å². The molecule has 0 bridgehead atoms. The number of nitrogens with zero attached hydrogens (tertiary/aromatic N) is 1. The molecule has 0 saturated heterocycles. The number of benzene rings is 2. The molecule has 0 saturated carbocycles. The van der Waals surface area contributed by atoms with Crippen molar-refractivity contribution in [3.05, 3.63) is 48.0 Å². The van der Waals surface area contributed by atoms with Gasteiger partial charge in [0.05, 0.1) is 31.7 Å². The molecule has 7 heteroatoms. The van der Waals surface area contributed by atoms with E-state index in [9.17, 15) is 0 Å². The maximum absolute atomic E-state index is 5.66. The van der Waals surface area contributed by atoms with E-state index in [0.717, 1.165) is 22.7 Å². The van der Waals surface area contributed by atoms with Gasteiger partial charge in [0.25, 0.3) is 0 Å². The summed E-state index contributed by atoms with van der Waals surface area (Å²) in [4.78, 5) is 0. The van der Waals surface area contributed by atoms with E-state index in [1.54, 1.807) is 7.11 Å². The highest BCUT2D eigenvalue weighted by atomic mass is 32.1. The predicted molar refractivity (Wildman–Crippen MR) is 113 cm³/mol. The average molecular weight is 388 g/mol. The van der Waals surface area contributed by atoms with Crippen molar-refractivity contribution in [2.75, 3.05) is 25.6 Å². The van der Waals surface area contributed by atoms with Gasteiger partial charge in [0, 0.05) is 5.56 Å². The molecule has 2 aromatic rings. The molecule has 0 spiro atoms. The molecule has 27 heavy (non-hydrogen) atoms. The summed E-state index contributed by atoms with van der Waals surface area (Å²) in [6, 6.07) is 13.3. The standard InChI is InChI=1S/C20H25N3O3S/c1-5-25-18-12-11-15(13-19(18)26-6-2)14(3)22-23-20(27)21-16-9-7-8-10-17(16)24-4/h7-13H,5-6H2,1-4H3,(H2,21,23,27)/b22-14-. The Morgan fingerprint density at radius 1 is 1.00 bits per heavy atom.